The van der Waals surface area contributed by atoms with Crippen molar-refractivity contribution in [3.8, 4) is 0 Å². The van der Waals surface area contributed by atoms with E-state index in [4.69, 9.17) is 4.74 Å². The SMILES string of the molecule is C=C1CCC[C@]2(C)C[C@H]3OC(=O)[C@H](CN4CCCC4)[C@H]3C[C@H]12. The van der Waals surface area contributed by atoms with E-state index in [0.29, 0.717) is 17.3 Å². The van der Waals surface area contributed by atoms with Gasteiger partial charge >= 0.3 is 5.97 Å². The predicted molar refractivity (Wildman–Crippen MR) is 86.4 cm³/mol. The van der Waals surface area contributed by atoms with Crippen molar-refractivity contribution in [1.29, 1.82) is 0 Å². The molecule has 0 unspecified atom stereocenters. The van der Waals surface area contributed by atoms with Crippen molar-refractivity contribution in [3.63, 3.8) is 0 Å². The van der Waals surface area contributed by atoms with Crippen LogP contribution >= 0.6 is 0 Å². The first-order chi connectivity index (χ1) is 10.6. The van der Waals surface area contributed by atoms with Crippen molar-refractivity contribution in [2.75, 3.05) is 19.6 Å². The Labute approximate surface area is 134 Å². The highest BCUT2D eigenvalue weighted by molar-refractivity contribution is 5.75. The number of ether oxygens (including phenoxy) is 1. The van der Waals surface area contributed by atoms with Gasteiger partial charge in [-0.05, 0) is 69.4 Å². The first-order valence-electron chi connectivity index (χ1n) is 9.17. The highest BCUT2D eigenvalue weighted by Gasteiger charge is 2.55. The van der Waals surface area contributed by atoms with Crippen molar-refractivity contribution in [1.82, 2.24) is 4.90 Å². The number of allylic oxidation sites excluding steroid dienone is 1. The summed E-state index contributed by atoms with van der Waals surface area (Å²) in [5, 5.41) is 0. The molecule has 0 bridgehead atoms. The third kappa shape index (κ3) is 2.33. The van der Waals surface area contributed by atoms with Gasteiger partial charge in [-0.15, -0.1) is 0 Å². The van der Waals surface area contributed by atoms with Crippen molar-refractivity contribution < 1.29 is 9.53 Å². The Morgan fingerprint density at radius 3 is 2.86 bits per heavy atom. The topological polar surface area (TPSA) is 29.5 Å². The molecular weight excluding hydrogens is 274 g/mol. The predicted octanol–water partition coefficient (Wildman–Crippen LogP) is 3.40. The lowest BCUT2D eigenvalue weighted by molar-refractivity contribution is -0.146. The lowest BCUT2D eigenvalue weighted by Gasteiger charge is -2.50. The second-order valence-electron chi connectivity index (χ2n) is 8.41. The molecule has 0 amide bonds. The average molecular weight is 303 g/mol. The molecule has 5 atom stereocenters. The van der Waals surface area contributed by atoms with Crippen molar-refractivity contribution in [2.45, 2.75) is 58.0 Å². The van der Waals surface area contributed by atoms with E-state index in [1.54, 1.807) is 0 Å². The van der Waals surface area contributed by atoms with Crippen LogP contribution in [-0.4, -0.2) is 36.6 Å². The zero-order valence-corrected chi connectivity index (χ0v) is 13.9. The van der Waals surface area contributed by atoms with E-state index in [-0.39, 0.29) is 18.0 Å². The first-order valence-corrected chi connectivity index (χ1v) is 9.17. The molecule has 0 aromatic carbocycles. The maximum atomic E-state index is 12.4. The van der Waals surface area contributed by atoms with Crippen LogP contribution in [0.25, 0.3) is 0 Å². The fraction of sp³-hybridized carbons (Fsp3) is 0.842. The summed E-state index contributed by atoms with van der Waals surface area (Å²) < 4.78 is 5.84. The maximum Gasteiger partial charge on any atom is 0.310 e. The molecule has 22 heavy (non-hydrogen) atoms. The Bertz CT molecular complexity index is 482. The molecule has 2 aliphatic heterocycles. The summed E-state index contributed by atoms with van der Waals surface area (Å²) in [4.78, 5) is 14.9. The molecule has 122 valence electrons. The fourth-order valence-electron chi connectivity index (χ4n) is 5.71. The second-order valence-corrected chi connectivity index (χ2v) is 8.41. The number of nitrogens with zero attached hydrogens (tertiary/aromatic N) is 1. The summed E-state index contributed by atoms with van der Waals surface area (Å²) in [5.74, 6) is 1.23. The molecule has 4 rings (SSSR count). The van der Waals surface area contributed by atoms with E-state index in [9.17, 15) is 4.79 Å². The summed E-state index contributed by atoms with van der Waals surface area (Å²) in [6.07, 6.45) is 8.65. The standard InChI is InChI=1S/C19H29NO2/c1-13-6-5-7-19(2)11-17-14(10-16(13)19)15(18(21)22-17)12-20-8-3-4-9-20/h14-17H,1,3-12H2,2H3/t14-,15-,16-,17-,19-/m1/s1. The van der Waals surface area contributed by atoms with Crippen molar-refractivity contribution in [2.24, 2.45) is 23.2 Å². The normalized spacial score (nSPS) is 45.5. The van der Waals surface area contributed by atoms with Crippen LogP contribution in [0.2, 0.25) is 0 Å². The summed E-state index contributed by atoms with van der Waals surface area (Å²) in [6.45, 7) is 10.0. The van der Waals surface area contributed by atoms with Gasteiger partial charge in [0, 0.05) is 12.5 Å². The van der Waals surface area contributed by atoms with Gasteiger partial charge < -0.3 is 9.64 Å². The molecule has 2 aliphatic carbocycles. The van der Waals surface area contributed by atoms with Gasteiger partial charge in [0.25, 0.3) is 0 Å². The quantitative estimate of drug-likeness (QED) is 0.578. The average Bonchev–Trinajstić information content (AvgIpc) is 3.06. The van der Waals surface area contributed by atoms with Gasteiger partial charge in [-0.3, -0.25) is 4.79 Å². The monoisotopic (exact) mass is 303 g/mol. The van der Waals surface area contributed by atoms with Crippen LogP contribution in [0, 0.1) is 23.2 Å². The molecule has 2 saturated carbocycles. The van der Waals surface area contributed by atoms with Crippen LogP contribution < -0.4 is 0 Å². The molecule has 3 heteroatoms. The highest BCUT2D eigenvalue weighted by atomic mass is 16.6. The van der Waals surface area contributed by atoms with Gasteiger partial charge in [-0.25, -0.2) is 0 Å². The number of carbonyl (C=O) groups is 1. The van der Waals surface area contributed by atoms with Crippen molar-refractivity contribution in [3.05, 3.63) is 12.2 Å². The fourth-order valence-corrected chi connectivity index (χ4v) is 5.71. The Balaban J connectivity index is 1.53. The van der Waals surface area contributed by atoms with Crippen LogP contribution in [-0.2, 0) is 9.53 Å². The summed E-state index contributed by atoms with van der Waals surface area (Å²) in [5.41, 5.74) is 1.76. The molecule has 0 aromatic heterocycles. The van der Waals surface area contributed by atoms with Crippen LogP contribution in [0.15, 0.2) is 12.2 Å². The number of carbonyl (C=O) groups excluding carboxylic acids is 1. The molecule has 2 saturated heterocycles. The second kappa shape index (κ2) is 5.36. The first kappa shape index (κ1) is 14.7. The molecule has 4 aliphatic rings. The Morgan fingerprint density at radius 1 is 1.32 bits per heavy atom. The molecule has 4 fully saturated rings. The Morgan fingerprint density at radius 2 is 2.09 bits per heavy atom. The van der Waals surface area contributed by atoms with E-state index in [1.807, 2.05) is 0 Å². The van der Waals surface area contributed by atoms with E-state index in [1.165, 1.54) is 37.7 Å². The maximum absolute atomic E-state index is 12.4. The van der Waals surface area contributed by atoms with Crippen molar-refractivity contribution >= 4 is 5.97 Å². The number of hydrogen-bond donors (Lipinski definition) is 0. The summed E-state index contributed by atoms with van der Waals surface area (Å²) >= 11 is 0. The number of fused-ring (bicyclic) bond motifs is 2. The van der Waals surface area contributed by atoms with E-state index in [0.717, 1.165) is 32.5 Å². The highest BCUT2D eigenvalue weighted by Crippen LogP contribution is 2.56. The van der Waals surface area contributed by atoms with Gasteiger partial charge in [-0.1, -0.05) is 19.1 Å². The lowest BCUT2D eigenvalue weighted by Crippen LogP contribution is -2.45. The van der Waals surface area contributed by atoms with Crippen LogP contribution in [0.1, 0.15) is 51.9 Å². The molecule has 0 radical (unpaired) electrons. The van der Waals surface area contributed by atoms with Crippen LogP contribution in [0.4, 0.5) is 0 Å². The third-order valence-corrected chi connectivity index (χ3v) is 6.97. The van der Waals surface area contributed by atoms with Gasteiger partial charge in [0.1, 0.15) is 6.10 Å². The third-order valence-electron chi connectivity index (χ3n) is 6.97. The van der Waals surface area contributed by atoms with E-state index < -0.39 is 0 Å². The van der Waals surface area contributed by atoms with E-state index >= 15 is 0 Å². The van der Waals surface area contributed by atoms with Gasteiger partial charge in [0.2, 0.25) is 0 Å². The summed E-state index contributed by atoms with van der Waals surface area (Å²) in [7, 11) is 0. The lowest BCUT2D eigenvalue weighted by atomic mass is 9.55. The smallest absolute Gasteiger partial charge is 0.310 e. The van der Waals surface area contributed by atoms with E-state index in [2.05, 4.69) is 18.4 Å². The molecule has 0 spiro atoms. The number of likely N-dealkylation sites (tertiary alicyclic amines) is 1. The van der Waals surface area contributed by atoms with Gasteiger partial charge in [-0.2, -0.15) is 0 Å². The molecule has 2 heterocycles. The molecule has 0 N–H and O–H groups in total. The Hall–Kier alpha value is -0.830. The largest absolute Gasteiger partial charge is 0.462 e. The van der Waals surface area contributed by atoms with Gasteiger partial charge in [0.05, 0.1) is 5.92 Å². The molecule has 0 aromatic rings. The van der Waals surface area contributed by atoms with Crippen LogP contribution in [0.5, 0.6) is 0 Å². The van der Waals surface area contributed by atoms with Crippen LogP contribution in [0.3, 0.4) is 0 Å². The zero-order valence-electron chi connectivity index (χ0n) is 13.9. The van der Waals surface area contributed by atoms with Gasteiger partial charge in [0.15, 0.2) is 0 Å². The zero-order chi connectivity index (χ0) is 15.3. The number of hydrogen-bond acceptors (Lipinski definition) is 3. The minimum Gasteiger partial charge on any atom is -0.462 e. The summed E-state index contributed by atoms with van der Waals surface area (Å²) in [6, 6.07) is 0. The molecular formula is C19H29NO2. The Kier molecular flexibility index (Phi) is 3.60. The molecule has 3 nitrogen and oxygen atoms in total. The number of rotatable bonds is 2. The minimum atomic E-state index is 0.0785. The minimum absolute atomic E-state index is 0.0785. The number of esters is 1.